The predicted molar refractivity (Wildman–Crippen MR) is 146 cm³/mol. The lowest BCUT2D eigenvalue weighted by Crippen LogP contribution is -2.53. The zero-order chi connectivity index (χ0) is 25.3. The maximum absolute atomic E-state index is 13.9. The molecule has 188 valence electrons. The Morgan fingerprint density at radius 2 is 1.61 bits per heavy atom. The molecule has 1 unspecified atom stereocenters. The van der Waals surface area contributed by atoms with Gasteiger partial charge >= 0.3 is 0 Å². The van der Waals surface area contributed by atoms with Crippen LogP contribution in [0.2, 0.25) is 5.02 Å². The molecule has 0 saturated heterocycles. The van der Waals surface area contributed by atoms with Crippen LogP contribution >= 0.6 is 11.6 Å². The van der Waals surface area contributed by atoms with Gasteiger partial charge in [0.25, 0.3) is 0 Å². The number of halogens is 1. The van der Waals surface area contributed by atoms with Crippen LogP contribution in [0.1, 0.15) is 54.4 Å². The Kier molecular flexibility index (Phi) is 9.18. The Balaban J connectivity index is 1.66. The molecule has 3 aromatic rings. The van der Waals surface area contributed by atoms with E-state index >= 15 is 0 Å². The number of nitrogens with zero attached hydrogens (tertiary/aromatic N) is 1. The minimum atomic E-state index is -0.636. The van der Waals surface area contributed by atoms with Crippen molar-refractivity contribution < 1.29 is 9.59 Å². The van der Waals surface area contributed by atoms with Gasteiger partial charge in [0.15, 0.2) is 0 Å². The van der Waals surface area contributed by atoms with Crippen molar-refractivity contribution in [2.24, 2.45) is 0 Å². The standard InChI is InChI=1S/C31H35ClN2O2/c1-23-11-10-14-25(19-23)21-30(35)34(22-26-15-8-9-18-28(26)32)29(20-24-12-4-2-5-13-24)31(36)33-27-16-6-3-7-17-27/h2,4-5,8-15,18-19,27,29H,3,6-7,16-17,20-22H2,1H3,(H,33,36). The van der Waals surface area contributed by atoms with Crippen molar-refractivity contribution in [2.75, 3.05) is 0 Å². The van der Waals surface area contributed by atoms with E-state index in [0.717, 1.165) is 47.9 Å². The van der Waals surface area contributed by atoms with Crippen LogP contribution in [0.25, 0.3) is 0 Å². The lowest BCUT2D eigenvalue weighted by Gasteiger charge is -2.34. The number of hydrogen-bond donors (Lipinski definition) is 1. The average molecular weight is 503 g/mol. The molecule has 1 N–H and O–H groups in total. The summed E-state index contributed by atoms with van der Waals surface area (Å²) in [6.07, 6.45) is 6.13. The molecule has 1 fully saturated rings. The quantitative estimate of drug-likeness (QED) is 0.374. The van der Waals surface area contributed by atoms with E-state index in [-0.39, 0.29) is 30.8 Å². The number of nitrogens with one attached hydrogen (secondary N) is 1. The first-order valence-corrected chi connectivity index (χ1v) is 13.3. The first-order valence-electron chi connectivity index (χ1n) is 12.9. The monoisotopic (exact) mass is 502 g/mol. The first-order chi connectivity index (χ1) is 17.5. The molecule has 3 aromatic carbocycles. The molecule has 4 nitrogen and oxygen atoms in total. The fourth-order valence-corrected chi connectivity index (χ4v) is 5.20. The fourth-order valence-electron chi connectivity index (χ4n) is 5.01. The highest BCUT2D eigenvalue weighted by Crippen LogP contribution is 2.23. The number of benzene rings is 3. The summed E-state index contributed by atoms with van der Waals surface area (Å²) in [5.41, 5.74) is 3.90. The van der Waals surface area contributed by atoms with Crippen molar-refractivity contribution in [1.29, 1.82) is 0 Å². The molecular weight excluding hydrogens is 468 g/mol. The summed E-state index contributed by atoms with van der Waals surface area (Å²) in [5.74, 6) is -0.171. The van der Waals surface area contributed by atoms with Crippen molar-refractivity contribution in [3.8, 4) is 0 Å². The van der Waals surface area contributed by atoms with E-state index in [1.54, 1.807) is 4.90 Å². The summed E-state index contributed by atoms with van der Waals surface area (Å²) in [5, 5.41) is 3.88. The summed E-state index contributed by atoms with van der Waals surface area (Å²) in [7, 11) is 0. The van der Waals surface area contributed by atoms with Crippen LogP contribution < -0.4 is 5.32 Å². The minimum Gasteiger partial charge on any atom is -0.352 e. The smallest absolute Gasteiger partial charge is 0.243 e. The maximum Gasteiger partial charge on any atom is 0.243 e. The Hall–Kier alpha value is -3.11. The van der Waals surface area contributed by atoms with Gasteiger partial charge in [0.2, 0.25) is 11.8 Å². The third-order valence-corrected chi connectivity index (χ3v) is 7.33. The third-order valence-electron chi connectivity index (χ3n) is 6.96. The number of hydrogen-bond acceptors (Lipinski definition) is 2. The van der Waals surface area contributed by atoms with E-state index in [0.29, 0.717) is 11.4 Å². The van der Waals surface area contributed by atoms with Crippen molar-refractivity contribution in [3.63, 3.8) is 0 Å². The van der Waals surface area contributed by atoms with Gasteiger partial charge in [-0.2, -0.15) is 0 Å². The lowest BCUT2D eigenvalue weighted by molar-refractivity contribution is -0.141. The molecule has 0 heterocycles. The van der Waals surface area contributed by atoms with Crippen LogP contribution in [0.4, 0.5) is 0 Å². The van der Waals surface area contributed by atoms with E-state index in [9.17, 15) is 9.59 Å². The normalized spacial score (nSPS) is 14.7. The largest absolute Gasteiger partial charge is 0.352 e. The molecule has 1 saturated carbocycles. The molecular formula is C31H35ClN2O2. The Morgan fingerprint density at radius 1 is 0.917 bits per heavy atom. The molecule has 2 amide bonds. The molecule has 1 aliphatic rings. The van der Waals surface area contributed by atoms with Crippen LogP contribution in [0.5, 0.6) is 0 Å². The minimum absolute atomic E-state index is 0.0831. The van der Waals surface area contributed by atoms with Crippen LogP contribution in [-0.4, -0.2) is 28.8 Å². The maximum atomic E-state index is 13.9. The molecule has 36 heavy (non-hydrogen) atoms. The van der Waals surface area contributed by atoms with E-state index in [4.69, 9.17) is 11.6 Å². The Morgan fingerprint density at radius 3 is 2.33 bits per heavy atom. The van der Waals surface area contributed by atoms with Crippen molar-refractivity contribution in [3.05, 3.63) is 106 Å². The second kappa shape index (κ2) is 12.7. The van der Waals surface area contributed by atoms with Gasteiger partial charge in [-0.3, -0.25) is 9.59 Å². The third kappa shape index (κ3) is 7.20. The van der Waals surface area contributed by atoms with Crippen LogP contribution in [0, 0.1) is 6.92 Å². The van der Waals surface area contributed by atoms with Crippen molar-refractivity contribution in [2.45, 2.75) is 70.5 Å². The predicted octanol–water partition coefficient (Wildman–Crippen LogP) is 6.28. The summed E-state index contributed by atoms with van der Waals surface area (Å²) < 4.78 is 0. The molecule has 0 radical (unpaired) electrons. The molecule has 4 rings (SSSR count). The molecule has 5 heteroatoms. The zero-order valence-corrected chi connectivity index (χ0v) is 21.7. The topological polar surface area (TPSA) is 49.4 Å². The molecule has 0 aromatic heterocycles. The Labute approximate surface area is 219 Å². The number of rotatable bonds is 9. The van der Waals surface area contributed by atoms with Gasteiger partial charge in [0.1, 0.15) is 6.04 Å². The van der Waals surface area contributed by atoms with Gasteiger partial charge in [0.05, 0.1) is 6.42 Å². The number of aryl methyl sites for hydroxylation is 1. The number of carbonyl (C=O) groups excluding carboxylic acids is 2. The first kappa shape index (κ1) is 26.0. The molecule has 0 aliphatic heterocycles. The molecule has 0 bridgehead atoms. The second-order valence-corrected chi connectivity index (χ2v) is 10.2. The summed E-state index contributed by atoms with van der Waals surface area (Å²) >= 11 is 6.52. The highest BCUT2D eigenvalue weighted by molar-refractivity contribution is 6.31. The lowest BCUT2D eigenvalue weighted by atomic mass is 9.94. The molecule has 1 atom stereocenters. The van der Waals surface area contributed by atoms with Crippen LogP contribution in [0.3, 0.4) is 0 Å². The van der Waals surface area contributed by atoms with Gasteiger partial charge in [-0.1, -0.05) is 109 Å². The van der Waals surface area contributed by atoms with Gasteiger partial charge in [0, 0.05) is 24.0 Å². The van der Waals surface area contributed by atoms with E-state index < -0.39 is 6.04 Å². The number of amides is 2. The van der Waals surface area contributed by atoms with Crippen LogP contribution in [-0.2, 0) is 29.0 Å². The van der Waals surface area contributed by atoms with E-state index in [1.165, 1.54) is 6.42 Å². The average Bonchev–Trinajstić information content (AvgIpc) is 2.88. The second-order valence-electron chi connectivity index (χ2n) is 9.83. The molecule has 1 aliphatic carbocycles. The Bertz CT molecular complexity index is 1160. The van der Waals surface area contributed by atoms with Gasteiger partial charge in [-0.25, -0.2) is 0 Å². The highest BCUT2D eigenvalue weighted by atomic mass is 35.5. The SMILES string of the molecule is Cc1cccc(CC(=O)N(Cc2ccccc2Cl)C(Cc2ccccc2)C(=O)NC2CCCCC2)c1. The van der Waals surface area contributed by atoms with Gasteiger partial charge in [-0.05, 0) is 42.5 Å². The van der Waals surface area contributed by atoms with Gasteiger partial charge in [-0.15, -0.1) is 0 Å². The van der Waals surface area contributed by atoms with Crippen LogP contribution in [0.15, 0.2) is 78.9 Å². The summed E-state index contributed by atoms with van der Waals surface area (Å²) in [6.45, 7) is 2.30. The fraction of sp³-hybridized carbons (Fsp3) is 0.355. The number of carbonyl (C=O) groups is 2. The van der Waals surface area contributed by atoms with E-state index in [1.807, 2.05) is 85.8 Å². The van der Waals surface area contributed by atoms with E-state index in [2.05, 4.69) is 5.32 Å². The van der Waals surface area contributed by atoms with Gasteiger partial charge < -0.3 is 10.2 Å². The summed E-state index contributed by atoms with van der Waals surface area (Å²) in [6, 6.07) is 25.0. The summed E-state index contributed by atoms with van der Waals surface area (Å²) in [4.78, 5) is 29.4. The van der Waals surface area contributed by atoms with Crippen molar-refractivity contribution >= 4 is 23.4 Å². The zero-order valence-electron chi connectivity index (χ0n) is 21.0. The van der Waals surface area contributed by atoms with Crippen molar-refractivity contribution in [1.82, 2.24) is 10.2 Å². The highest BCUT2D eigenvalue weighted by Gasteiger charge is 2.32. The molecule has 0 spiro atoms.